The van der Waals surface area contributed by atoms with Crippen molar-refractivity contribution in [1.82, 2.24) is 4.57 Å². The van der Waals surface area contributed by atoms with Gasteiger partial charge < -0.3 is 20.5 Å². The maximum atomic E-state index is 12.5. The molecule has 1 aromatic heterocycles. The molecule has 0 atom stereocenters. The van der Waals surface area contributed by atoms with Gasteiger partial charge in [0.1, 0.15) is 5.69 Å². The van der Waals surface area contributed by atoms with E-state index in [4.69, 9.17) is 5.73 Å². The van der Waals surface area contributed by atoms with Crippen LogP contribution in [-0.4, -0.2) is 29.5 Å². The lowest BCUT2D eigenvalue weighted by Gasteiger charge is -2.30. The second-order valence-electron chi connectivity index (χ2n) is 6.52. The van der Waals surface area contributed by atoms with Crippen LogP contribution < -0.4 is 16.0 Å². The Morgan fingerprint density at radius 3 is 2.40 bits per heavy atom. The zero-order valence-electron chi connectivity index (χ0n) is 14.7. The second-order valence-corrected chi connectivity index (χ2v) is 6.52. The summed E-state index contributed by atoms with van der Waals surface area (Å²) in [5.74, 6) is -0.622. The zero-order valence-corrected chi connectivity index (χ0v) is 14.7. The molecule has 0 saturated carbocycles. The molecule has 1 aliphatic heterocycles. The molecule has 25 heavy (non-hydrogen) atoms. The van der Waals surface area contributed by atoms with Gasteiger partial charge in [0, 0.05) is 31.5 Å². The van der Waals surface area contributed by atoms with E-state index in [0.717, 1.165) is 37.3 Å². The lowest BCUT2D eigenvalue weighted by molar-refractivity contribution is 0.0997. The highest BCUT2D eigenvalue weighted by Gasteiger charge is 2.19. The fourth-order valence-electron chi connectivity index (χ4n) is 3.25. The Balaban J connectivity index is 1.88. The molecule has 2 aromatic rings. The summed E-state index contributed by atoms with van der Waals surface area (Å²) in [6, 6.07) is 8.97. The Morgan fingerprint density at radius 1 is 1.08 bits per heavy atom. The molecule has 2 heterocycles. The maximum Gasteiger partial charge on any atom is 0.272 e. The van der Waals surface area contributed by atoms with Crippen molar-refractivity contribution in [2.45, 2.75) is 26.2 Å². The van der Waals surface area contributed by atoms with E-state index >= 15 is 0 Å². The highest BCUT2D eigenvalue weighted by Crippen LogP contribution is 2.28. The average Bonchev–Trinajstić information content (AvgIpc) is 2.94. The molecule has 6 heteroatoms. The number of nitrogens with one attached hydrogen (secondary N) is 1. The Kier molecular flexibility index (Phi) is 4.79. The number of primary amides is 1. The molecule has 1 saturated heterocycles. The number of aryl methyl sites for hydroxylation is 1. The van der Waals surface area contributed by atoms with Crippen LogP contribution in [0.4, 0.5) is 11.4 Å². The first-order valence-electron chi connectivity index (χ1n) is 8.60. The number of rotatable bonds is 4. The average molecular weight is 340 g/mol. The number of benzene rings is 1. The van der Waals surface area contributed by atoms with Crippen LogP contribution in [0.3, 0.4) is 0 Å². The smallest absolute Gasteiger partial charge is 0.272 e. The number of aromatic nitrogens is 1. The number of anilines is 2. The van der Waals surface area contributed by atoms with Gasteiger partial charge in [0.2, 0.25) is 0 Å². The van der Waals surface area contributed by atoms with Gasteiger partial charge in [-0.2, -0.15) is 0 Å². The van der Waals surface area contributed by atoms with E-state index in [1.807, 2.05) is 30.7 Å². The van der Waals surface area contributed by atoms with Crippen LogP contribution in [0.25, 0.3) is 0 Å². The Bertz CT molecular complexity index is 804. The number of amides is 2. The van der Waals surface area contributed by atoms with Crippen LogP contribution in [-0.2, 0) is 7.05 Å². The van der Waals surface area contributed by atoms with Crippen molar-refractivity contribution >= 4 is 23.2 Å². The molecule has 3 rings (SSSR count). The van der Waals surface area contributed by atoms with Crippen LogP contribution in [0.1, 0.15) is 45.8 Å². The number of hydrogen-bond acceptors (Lipinski definition) is 3. The number of carbonyl (C=O) groups excluding carboxylic acids is 2. The quantitative estimate of drug-likeness (QED) is 0.898. The monoisotopic (exact) mass is 340 g/mol. The first-order chi connectivity index (χ1) is 12.0. The van der Waals surface area contributed by atoms with Gasteiger partial charge in [0.05, 0.1) is 11.3 Å². The third-order valence-electron chi connectivity index (χ3n) is 4.82. The Morgan fingerprint density at radius 2 is 1.80 bits per heavy atom. The van der Waals surface area contributed by atoms with E-state index in [0.29, 0.717) is 16.9 Å². The Hall–Kier alpha value is -2.76. The summed E-state index contributed by atoms with van der Waals surface area (Å²) < 4.78 is 1.85. The first-order valence-corrected chi connectivity index (χ1v) is 8.60. The van der Waals surface area contributed by atoms with Crippen LogP contribution >= 0.6 is 0 Å². The molecule has 0 unspecified atom stereocenters. The maximum absolute atomic E-state index is 12.5. The van der Waals surface area contributed by atoms with E-state index in [-0.39, 0.29) is 5.91 Å². The summed E-state index contributed by atoms with van der Waals surface area (Å²) in [6.07, 6.45) is 3.39. The van der Waals surface area contributed by atoms with E-state index in [1.165, 1.54) is 6.42 Å². The zero-order chi connectivity index (χ0) is 18.0. The molecular weight excluding hydrogens is 316 g/mol. The summed E-state index contributed by atoms with van der Waals surface area (Å²) in [5.41, 5.74) is 9.10. The van der Waals surface area contributed by atoms with Crippen molar-refractivity contribution in [2.75, 3.05) is 23.3 Å². The molecule has 132 valence electrons. The van der Waals surface area contributed by atoms with Crippen LogP contribution in [0.15, 0.2) is 30.3 Å². The van der Waals surface area contributed by atoms with Gasteiger partial charge in [-0.15, -0.1) is 0 Å². The summed E-state index contributed by atoms with van der Waals surface area (Å²) in [4.78, 5) is 26.5. The van der Waals surface area contributed by atoms with Crippen molar-refractivity contribution in [3.8, 4) is 0 Å². The lowest BCUT2D eigenvalue weighted by Crippen LogP contribution is -2.31. The minimum Gasteiger partial charge on any atom is -0.371 e. The van der Waals surface area contributed by atoms with Crippen molar-refractivity contribution < 1.29 is 9.59 Å². The summed E-state index contributed by atoms with van der Waals surface area (Å²) in [5, 5.41) is 2.92. The molecule has 1 aromatic carbocycles. The summed E-state index contributed by atoms with van der Waals surface area (Å²) in [6.45, 7) is 3.75. The largest absolute Gasteiger partial charge is 0.371 e. The molecule has 0 radical (unpaired) electrons. The lowest BCUT2D eigenvalue weighted by atomic mass is 10.1. The number of carbonyl (C=O) groups is 2. The van der Waals surface area contributed by atoms with Gasteiger partial charge in [-0.25, -0.2) is 0 Å². The minimum absolute atomic E-state index is 0.174. The van der Waals surface area contributed by atoms with Gasteiger partial charge in [-0.1, -0.05) is 0 Å². The minimum atomic E-state index is -0.448. The molecule has 1 fully saturated rings. The third kappa shape index (κ3) is 3.52. The molecule has 6 nitrogen and oxygen atoms in total. The van der Waals surface area contributed by atoms with Gasteiger partial charge in [-0.3, -0.25) is 9.59 Å². The third-order valence-corrected chi connectivity index (χ3v) is 4.82. The van der Waals surface area contributed by atoms with Gasteiger partial charge >= 0.3 is 0 Å². The normalized spacial score (nSPS) is 14.4. The van der Waals surface area contributed by atoms with Crippen molar-refractivity contribution in [3.63, 3.8) is 0 Å². The van der Waals surface area contributed by atoms with Crippen LogP contribution in [0.5, 0.6) is 0 Å². The highest BCUT2D eigenvalue weighted by atomic mass is 16.2. The topological polar surface area (TPSA) is 80.4 Å². The second kappa shape index (κ2) is 7.01. The predicted molar refractivity (Wildman–Crippen MR) is 99.1 cm³/mol. The number of piperidine rings is 1. The fraction of sp³-hybridized carbons (Fsp3) is 0.368. The molecule has 0 aliphatic carbocycles. The molecule has 0 spiro atoms. The van der Waals surface area contributed by atoms with Crippen molar-refractivity contribution in [3.05, 3.63) is 47.3 Å². The SMILES string of the molecule is Cc1ccc(C(=O)Nc2ccc(C(N)=O)c(N3CCCCC3)c2)n1C. The summed E-state index contributed by atoms with van der Waals surface area (Å²) in [7, 11) is 1.86. The van der Waals surface area contributed by atoms with Crippen LogP contribution in [0, 0.1) is 6.92 Å². The number of hydrogen-bond donors (Lipinski definition) is 2. The highest BCUT2D eigenvalue weighted by molar-refractivity contribution is 6.05. The fourth-order valence-corrected chi connectivity index (χ4v) is 3.25. The molecule has 1 aliphatic rings. The van der Waals surface area contributed by atoms with Crippen LogP contribution in [0.2, 0.25) is 0 Å². The molecule has 0 bridgehead atoms. The van der Waals surface area contributed by atoms with Crippen molar-refractivity contribution in [1.29, 1.82) is 0 Å². The van der Waals surface area contributed by atoms with E-state index in [2.05, 4.69) is 10.2 Å². The van der Waals surface area contributed by atoms with Gasteiger partial charge in [0.25, 0.3) is 11.8 Å². The number of nitrogens with zero attached hydrogens (tertiary/aromatic N) is 2. The molecular formula is C19H24N4O2. The predicted octanol–water partition coefficient (Wildman–Crippen LogP) is 2.68. The molecule has 3 N–H and O–H groups in total. The van der Waals surface area contributed by atoms with Gasteiger partial charge in [-0.05, 0) is 56.5 Å². The first kappa shape index (κ1) is 17.1. The molecule has 2 amide bonds. The van der Waals surface area contributed by atoms with Gasteiger partial charge in [0.15, 0.2) is 0 Å². The standard InChI is InChI=1S/C19H24N4O2/c1-13-6-9-16(22(13)2)19(25)21-14-7-8-15(18(20)24)17(12-14)23-10-4-3-5-11-23/h6-9,12H,3-5,10-11H2,1-2H3,(H2,20,24)(H,21,25). The van der Waals surface area contributed by atoms with E-state index in [9.17, 15) is 9.59 Å². The van der Waals surface area contributed by atoms with E-state index < -0.39 is 5.91 Å². The number of nitrogens with two attached hydrogens (primary N) is 1. The van der Waals surface area contributed by atoms with E-state index in [1.54, 1.807) is 18.2 Å². The van der Waals surface area contributed by atoms with Crippen molar-refractivity contribution in [2.24, 2.45) is 12.8 Å². The summed E-state index contributed by atoms with van der Waals surface area (Å²) >= 11 is 0. The Labute approximate surface area is 147 Å².